The maximum absolute atomic E-state index is 12.5. The summed E-state index contributed by atoms with van der Waals surface area (Å²) in [4.78, 5) is 12.2. The highest BCUT2D eigenvalue weighted by Crippen LogP contribution is 2.21. The normalized spacial score (nSPS) is 10.8. The summed E-state index contributed by atoms with van der Waals surface area (Å²) >= 11 is 0. The van der Waals surface area contributed by atoms with Crippen LogP contribution in [0, 0.1) is 0 Å². The van der Waals surface area contributed by atoms with Crippen LogP contribution in [-0.2, 0) is 14.8 Å². The molecule has 0 aliphatic heterocycles. The molecule has 0 bridgehead atoms. The summed E-state index contributed by atoms with van der Waals surface area (Å²) < 4.78 is 43.2. The smallest absolute Gasteiger partial charge is 0.262 e. The highest BCUT2D eigenvalue weighted by Gasteiger charge is 2.14. The van der Waals surface area contributed by atoms with Crippen molar-refractivity contribution in [3.8, 4) is 17.2 Å². The van der Waals surface area contributed by atoms with Gasteiger partial charge in [-0.3, -0.25) is 9.52 Å². The molecule has 31 heavy (non-hydrogen) atoms. The van der Waals surface area contributed by atoms with Gasteiger partial charge in [0.15, 0.2) is 6.61 Å². The third-order valence-electron chi connectivity index (χ3n) is 4.20. The third-order valence-corrected chi connectivity index (χ3v) is 5.60. The van der Waals surface area contributed by atoms with Crippen LogP contribution in [-0.4, -0.2) is 35.2 Å². The molecule has 0 atom stereocenters. The molecule has 1 amide bonds. The van der Waals surface area contributed by atoms with Gasteiger partial charge in [-0.25, -0.2) is 8.42 Å². The molecule has 0 aliphatic rings. The Bertz CT molecular complexity index is 1130. The lowest BCUT2D eigenvalue weighted by molar-refractivity contribution is -0.118. The number of hydrogen-bond acceptors (Lipinski definition) is 6. The first-order chi connectivity index (χ1) is 14.9. The van der Waals surface area contributed by atoms with E-state index in [0.29, 0.717) is 28.6 Å². The number of hydrogen-bond donors (Lipinski definition) is 2. The lowest BCUT2D eigenvalue weighted by Gasteiger charge is -2.11. The van der Waals surface area contributed by atoms with Crippen molar-refractivity contribution in [3.05, 3.63) is 72.8 Å². The average molecular weight is 442 g/mol. The van der Waals surface area contributed by atoms with Gasteiger partial charge in [0.1, 0.15) is 17.2 Å². The van der Waals surface area contributed by atoms with E-state index in [1.807, 2.05) is 0 Å². The van der Waals surface area contributed by atoms with Crippen LogP contribution >= 0.6 is 0 Å². The van der Waals surface area contributed by atoms with Gasteiger partial charge in [0, 0.05) is 17.4 Å². The second kappa shape index (κ2) is 9.86. The Morgan fingerprint density at radius 3 is 2.06 bits per heavy atom. The highest BCUT2D eigenvalue weighted by atomic mass is 32.2. The number of methoxy groups -OCH3 is 2. The monoisotopic (exact) mass is 442 g/mol. The minimum Gasteiger partial charge on any atom is -0.497 e. The second-order valence-electron chi connectivity index (χ2n) is 6.37. The van der Waals surface area contributed by atoms with E-state index in [-0.39, 0.29) is 17.4 Å². The fraction of sp³-hybridized carbons (Fsp3) is 0.136. The number of ether oxygens (including phenoxy) is 3. The Kier molecular flexibility index (Phi) is 6.99. The zero-order valence-electron chi connectivity index (χ0n) is 17.0. The molecule has 0 heterocycles. The molecular weight excluding hydrogens is 420 g/mol. The minimum atomic E-state index is -3.77. The van der Waals surface area contributed by atoms with Crippen molar-refractivity contribution >= 4 is 27.3 Å². The Labute approximate surface area is 180 Å². The molecule has 0 saturated heterocycles. The quantitative estimate of drug-likeness (QED) is 0.526. The number of sulfonamides is 1. The van der Waals surface area contributed by atoms with Crippen molar-refractivity contribution in [2.45, 2.75) is 4.90 Å². The largest absolute Gasteiger partial charge is 0.497 e. The van der Waals surface area contributed by atoms with Crippen LogP contribution in [0.4, 0.5) is 11.4 Å². The summed E-state index contributed by atoms with van der Waals surface area (Å²) in [5, 5.41) is 2.66. The molecule has 3 rings (SSSR count). The van der Waals surface area contributed by atoms with E-state index in [1.54, 1.807) is 55.6 Å². The summed E-state index contributed by atoms with van der Waals surface area (Å²) in [5.74, 6) is 1.37. The molecule has 9 heteroatoms. The zero-order valence-corrected chi connectivity index (χ0v) is 17.8. The second-order valence-corrected chi connectivity index (χ2v) is 8.06. The molecule has 0 spiro atoms. The van der Waals surface area contributed by atoms with Crippen molar-refractivity contribution in [2.75, 3.05) is 30.9 Å². The maximum atomic E-state index is 12.5. The topological polar surface area (TPSA) is 103 Å². The SMILES string of the molecule is COc1ccc(NS(=O)(=O)c2ccc(NC(=O)COc3cccc(OC)c3)cc2)cc1. The lowest BCUT2D eigenvalue weighted by atomic mass is 10.3. The molecule has 0 fully saturated rings. The van der Waals surface area contributed by atoms with Gasteiger partial charge < -0.3 is 19.5 Å². The molecule has 162 valence electrons. The van der Waals surface area contributed by atoms with Crippen molar-refractivity contribution in [3.63, 3.8) is 0 Å². The first-order valence-corrected chi connectivity index (χ1v) is 10.7. The summed E-state index contributed by atoms with van der Waals surface area (Å²) in [5.41, 5.74) is 0.857. The van der Waals surface area contributed by atoms with Crippen LogP contribution in [0.3, 0.4) is 0 Å². The van der Waals surface area contributed by atoms with Crippen molar-refractivity contribution in [2.24, 2.45) is 0 Å². The third kappa shape index (κ3) is 6.13. The maximum Gasteiger partial charge on any atom is 0.262 e. The number of carbonyl (C=O) groups excluding carboxylic acids is 1. The minimum absolute atomic E-state index is 0.0638. The van der Waals surface area contributed by atoms with Crippen LogP contribution in [0.25, 0.3) is 0 Å². The number of nitrogens with one attached hydrogen (secondary N) is 2. The Morgan fingerprint density at radius 1 is 0.806 bits per heavy atom. The van der Waals surface area contributed by atoms with E-state index < -0.39 is 10.0 Å². The van der Waals surface area contributed by atoms with Crippen LogP contribution < -0.4 is 24.2 Å². The molecule has 3 aromatic rings. The number of rotatable bonds is 9. The van der Waals surface area contributed by atoms with Gasteiger partial charge in [-0.05, 0) is 60.7 Å². The van der Waals surface area contributed by atoms with Gasteiger partial charge in [0.05, 0.1) is 19.1 Å². The number of amides is 1. The zero-order chi connectivity index (χ0) is 22.3. The molecule has 3 aromatic carbocycles. The van der Waals surface area contributed by atoms with Gasteiger partial charge in [-0.2, -0.15) is 0 Å². The van der Waals surface area contributed by atoms with E-state index in [4.69, 9.17) is 14.2 Å². The summed E-state index contributed by atoms with van der Waals surface area (Å²) in [6, 6.07) is 19.3. The van der Waals surface area contributed by atoms with Gasteiger partial charge in [0.25, 0.3) is 15.9 Å². The van der Waals surface area contributed by atoms with E-state index in [9.17, 15) is 13.2 Å². The molecule has 2 N–H and O–H groups in total. The van der Waals surface area contributed by atoms with E-state index in [0.717, 1.165) is 0 Å². The van der Waals surface area contributed by atoms with Crippen LogP contribution in [0.15, 0.2) is 77.7 Å². The molecule has 0 aromatic heterocycles. The van der Waals surface area contributed by atoms with Crippen LogP contribution in [0.1, 0.15) is 0 Å². The summed E-state index contributed by atoms with van der Waals surface area (Å²) in [6.45, 7) is -0.202. The van der Waals surface area contributed by atoms with Gasteiger partial charge in [-0.15, -0.1) is 0 Å². The average Bonchev–Trinajstić information content (AvgIpc) is 2.78. The van der Waals surface area contributed by atoms with Crippen molar-refractivity contribution in [1.29, 1.82) is 0 Å². The predicted molar refractivity (Wildman–Crippen MR) is 117 cm³/mol. The predicted octanol–water partition coefficient (Wildman–Crippen LogP) is 3.52. The summed E-state index contributed by atoms with van der Waals surface area (Å²) in [7, 11) is -0.695. The van der Waals surface area contributed by atoms with Gasteiger partial charge >= 0.3 is 0 Å². The Hall–Kier alpha value is -3.72. The molecule has 8 nitrogen and oxygen atoms in total. The van der Waals surface area contributed by atoms with Crippen LogP contribution in [0.5, 0.6) is 17.2 Å². The molecule has 0 radical (unpaired) electrons. The molecule has 0 unspecified atom stereocenters. The highest BCUT2D eigenvalue weighted by molar-refractivity contribution is 7.92. The number of carbonyl (C=O) groups is 1. The number of anilines is 2. The first-order valence-electron chi connectivity index (χ1n) is 9.23. The molecular formula is C22H22N2O6S. The van der Waals surface area contributed by atoms with Gasteiger partial charge in [-0.1, -0.05) is 6.07 Å². The fourth-order valence-corrected chi connectivity index (χ4v) is 3.69. The van der Waals surface area contributed by atoms with Crippen LogP contribution in [0.2, 0.25) is 0 Å². The van der Waals surface area contributed by atoms with E-state index in [2.05, 4.69) is 10.0 Å². The van der Waals surface area contributed by atoms with Gasteiger partial charge in [0.2, 0.25) is 0 Å². The number of benzene rings is 3. The molecule has 0 aliphatic carbocycles. The van der Waals surface area contributed by atoms with E-state index >= 15 is 0 Å². The summed E-state index contributed by atoms with van der Waals surface area (Å²) in [6.07, 6.45) is 0. The Balaban J connectivity index is 1.57. The van der Waals surface area contributed by atoms with Crippen molar-refractivity contribution < 1.29 is 27.4 Å². The van der Waals surface area contributed by atoms with Crippen molar-refractivity contribution in [1.82, 2.24) is 0 Å². The van der Waals surface area contributed by atoms with E-state index in [1.165, 1.54) is 31.4 Å². The molecule has 0 saturated carbocycles. The lowest BCUT2D eigenvalue weighted by Crippen LogP contribution is -2.20. The standard InChI is InChI=1S/C22H22N2O6S/c1-28-18-10-6-17(7-11-18)24-31(26,27)21-12-8-16(9-13-21)23-22(25)15-30-20-5-3-4-19(14-20)29-2/h3-14,24H,15H2,1-2H3,(H,23,25). The Morgan fingerprint density at radius 2 is 1.42 bits per heavy atom. The first kappa shape index (κ1) is 22.0. The fourth-order valence-electron chi connectivity index (χ4n) is 2.63.